The molecule has 0 amide bonds. The molecular formula is C9H9NO3. The fourth-order valence-electron chi connectivity index (χ4n) is 0.958. The van der Waals surface area contributed by atoms with Gasteiger partial charge in [-0.1, -0.05) is 0 Å². The Morgan fingerprint density at radius 1 is 1.77 bits per heavy atom. The molecule has 1 rings (SSSR count). The minimum atomic E-state index is -0.518. The standard InChI is InChI=1S/C9H9NO3/c1-3-12-9(11)7-4-6(2)13-8(7)5-10/h4H,3H2,1-2H3. The van der Waals surface area contributed by atoms with E-state index in [9.17, 15) is 4.79 Å². The summed E-state index contributed by atoms with van der Waals surface area (Å²) in [7, 11) is 0. The molecule has 0 aliphatic carbocycles. The summed E-state index contributed by atoms with van der Waals surface area (Å²) in [5, 5.41) is 8.60. The number of rotatable bonds is 2. The lowest BCUT2D eigenvalue weighted by Gasteiger charge is -1.96. The molecule has 0 atom stereocenters. The molecule has 1 heterocycles. The molecule has 0 unspecified atom stereocenters. The summed E-state index contributed by atoms with van der Waals surface area (Å²) in [5.74, 6) is 0.0199. The Morgan fingerprint density at radius 3 is 3.00 bits per heavy atom. The maximum Gasteiger partial charge on any atom is 0.342 e. The van der Waals surface area contributed by atoms with E-state index < -0.39 is 5.97 Å². The summed E-state index contributed by atoms with van der Waals surface area (Å²) >= 11 is 0. The van der Waals surface area contributed by atoms with E-state index in [0.717, 1.165) is 0 Å². The molecule has 4 heteroatoms. The number of hydrogen-bond donors (Lipinski definition) is 0. The van der Waals surface area contributed by atoms with Crippen molar-refractivity contribution in [1.82, 2.24) is 0 Å². The van der Waals surface area contributed by atoms with Crippen molar-refractivity contribution in [3.8, 4) is 6.07 Å². The highest BCUT2D eigenvalue weighted by atomic mass is 16.5. The van der Waals surface area contributed by atoms with Crippen molar-refractivity contribution < 1.29 is 13.9 Å². The molecule has 1 aromatic rings. The van der Waals surface area contributed by atoms with Crippen molar-refractivity contribution in [3.05, 3.63) is 23.2 Å². The van der Waals surface area contributed by atoms with E-state index in [1.807, 2.05) is 0 Å². The van der Waals surface area contributed by atoms with Gasteiger partial charge in [0.1, 0.15) is 17.4 Å². The van der Waals surface area contributed by atoms with E-state index >= 15 is 0 Å². The van der Waals surface area contributed by atoms with Gasteiger partial charge in [0.25, 0.3) is 0 Å². The third kappa shape index (κ3) is 1.88. The Morgan fingerprint density at radius 2 is 2.46 bits per heavy atom. The zero-order chi connectivity index (χ0) is 9.84. The van der Waals surface area contributed by atoms with Gasteiger partial charge < -0.3 is 9.15 Å². The molecular weight excluding hydrogens is 170 g/mol. The average Bonchev–Trinajstić information content (AvgIpc) is 2.47. The van der Waals surface area contributed by atoms with Gasteiger partial charge in [0, 0.05) is 0 Å². The van der Waals surface area contributed by atoms with Crippen LogP contribution >= 0.6 is 0 Å². The Hall–Kier alpha value is -1.76. The Labute approximate surface area is 75.7 Å². The second kappa shape index (κ2) is 3.76. The van der Waals surface area contributed by atoms with Crippen LogP contribution in [-0.4, -0.2) is 12.6 Å². The molecule has 0 N–H and O–H groups in total. The summed E-state index contributed by atoms with van der Waals surface area (Å²) in [6.07, 6.45) is 0. The molecule has 0 saturated heterocycles. The number of hydrogen-bond acceptors (Lipinski definition) is 4. The second-order valence-corrected chi connectivity index (χ2v) is 2.43. The summed E-state index contributed by atoms with van der Waals surface area (Å²) in [6, 6.07) is 3.28. The first-order chi connectivity index (χ1) is 6.19. The second-order valence-electron chi connectivity index (χ2n) is 2.43. The van der Waals surface area contributed by atoms with Gasteiger partial charge in [-0.25, -0.2) is 4.79 Å². The van der Waals surface area contributed by atoms with E-state index in [4.69, 9.17) is 14.4 Å². The quantitative estimate of drug-likeness (QED) is 0.647. The largest absolute Gasteiger partial charge is 0.462 e. The summed E-state index contributed by atoms with van der Waals surface area (Å²) in [4.78, 5) is 11.2. The number of carbonyl (C=O) groups excluding carboxylic acids is 1. The van der Waals surface area contributed by atoms with Crippen molar-refractivity contribution in [2.75, 3.05) is 6.61 Å². The first-order valence-corrected chi connectivity index (χ1v) is 3.86. The molecule has 0 aliphatic rings. The summed E-state index contributed by atoms with van der Waals surface area (Å²) < 4.78 is 9.70. The Bertz CT molecular complexity index is 359. The number of carbonyl (C=O) groups is 1. The van der Waals surface area contributed by atoms with Gasteiger partial charge in [-0.3, -0.25) is 0 Å². The van der Waals surface area contributed by atoms with E-state index in [1.54, 1.807) is 19.9 Å². The molecule has 0 bridgehead atoms. The van der Waals surface area contributed by atoms with Crippen molar-refractivity contribution >= 4 is 5.97 Å². The molecule has 68 valence electrons. The van der Waals surface area contributed by atoms with Gasteiger partial charge in [-0.15, -0.1) is 0 Å². The highest BCUT2D eigenvalue weighted by molar-refractivity contribution is 5.91. The zero-order valence-electron chi connectivity index (χ0n) is 7.46. The predicted molar refractivity (Wildman–Crippen MR) is 44.1 cm³/mol. The molecule has 0 fully saturated rings. The molecule has 4 nitrogen and oxygen atoms in total. The van der Waals surface area contributed by atoms with E-state index in [1.165, 1.54) is 6.07 Å². The van der Waals surface area contributed by atoms with Crippen LogP contribution in [0.1, 0.15) is 28.8 Å². The first-order valence-electron chi connectivity index (χ1n) is 3.86. The average molecular weight is 179 g/mol. The maximum atomic E-state index is 11.2. The van der Waals surface area contributed by atoms with Crippen LogP contribution in [0.15, 0.2) is 10.5 Å². The fraction of sp³-hybridized carbons (Fsp3) is 0.333. The third-order valence-electron chi connectivity index (χ3n) is 1.45. The number of ether oxygens (including phenoxy) is 1. The van der Waals surface area contributed by atoms with Crippen molar-refractivity contribution in [1.29, 1.82) is 5.26 Å². The molecule has 0 radical (unpaired) electrons. The number of furan rings is 1. The van der Waals surface area contributed by atoms with E-state index in [-0.39, 0.29) is 17.9 Å². The van der Waals surface area contributed by atoms with Crippen molar-refractivity contribution in [2.45, 2.75) is 13.8 Å². The van der Waals surface area contributed by atoms with Gasteiger partial charge >= 0.3 is 5.97 Å². The molecule has 0 spiro atoms. The highest BCUT2D eigenvalue weighted by Crippen LogP contribution is 2.14. The number of esters is 1. The number of aryl methyl sites for hydroxylation is 1. The van der Waals surface area contributed by atoms with Crippen LogP contribution < -0.4 is 0 Å². The molecule has 0 aliphatic heterocycles. The minimum absolute atomic E-state index is 0.0101. The van der Waals surface area contributed by atoms with Gasteiger partial charge in [0.05, 0.1) is 6.61 Å². The molecule has 0 aromatic carbocycles. The Kier molecular flexibility index (Phi) is 2.70. The van der Waals surface area contributed by atoms with Crippen LogP contribution in [0, 0.1) is 18.3 Å². The monoisotopic (exact) mass is 179 g/mol. The number of nitriles is 1. The zero-order valence-corrected chi connectivity index (χ0v) is 7.46. The van der Waals surface area contributed by atoms with Gasteiger partial charge in [0.2, 0.25) is 5.76 Å². The Balaban J connectivity index is 3.00. The van der Waals surface area contributed by atoms with Crippen molar-refractivity contribution in [3.63, 3.8) is 0 Å². The van der Waals surface area contributed by atoms with Gasteiger partial charge in [-0.2, -0.15) is 5.26 Å². The predicted octanol–water partition coefficient (Wildman–Crippen LogP) is 1.64. The smallest absolute Gasteiger partial charge is 0.342 e. The highest BCUT2D eigenvalue weighted by Gasteiger charge is 2.16. The normalized spacial score (nSPS) is 9.31. The molecule has 0 saturated carbocycles. The number of nitrogens with zero attached hydrogens (tertiary/aromatic N) is 1. The van der Waals surface area contributed by atoms with Gasteiger partial charge in [-0.05, 0) is 19.9 Å². The van der Waals surface area contributed by atoms with E-state index in [0.29, 0.717) is 5.76 Å². The van der Waals surface area contributed by atoms with Crippen LogP contribution in [0.4, 0.5) is 0 Å². The lowest BCUT2D eigenvalue weighted by molar-refractivity contribution is 0.0525. The third-order valence-corrected chi connectivity index (χ3v) is 1.45. The lowest BCUT2D eigenvalue weighted by atomic mass is 10.2. The van der Waals surface area contributed by atoms with Crippen LogP contribution in [-0.2, 0) is 4.74 Å². The topological polar surface area (TPSA) is 63.2 Å². The lowest BCUT2D eigenvalue weighted by Crippen LogP contribution is -2.04. The van der Waals surface area contributed by atoms with Crippen LogP contribution in [0.5, 0.6) is 0 Å². The minimum Gasteiger partial charge on any atom is -0.462 e. The summed E-state index contributed by atoms with van der Waals surface area (Å²) in [6.45, 7) is 3.66. The SMILES string of the molecule is CCOC(=O)c1cc(C)oc1C#N. The molecule has 13 heavy (non-hydrogen) atoms. The van der Waals surface area contributed by atoms with Crippen LogP contribution in [0.25, 0.3) is 0 Å². The maximum absolute atomic E-state index is 11.2. The molecule has 1 aromatic heterocycles. The van der Waals surface area contributed by atoms with Crippen molar-refractivity contribution in [2.24, 2.45) is 0 Å². The fourth-order valence-corrected chi connectivity index (χ4v) is 0.958. The summed E-state index contributed by atoms with van der Waals surface area (Å²) in [5.41, 5.74) is 0.196. The van der Waals surface area contributed by atoms with Crippen LogP contribution in [0.2, 0.25) is 0 Å². The van der Waals surface area contributed by atoms with E-state index in [2.05, 4.69) is 0 Å². The van der Waals surface area contributed by atoms with Gasteiger partial charge in [0.15, 0.2) is 0 Å². The first kappa shape index (κ1) is 9.33. The van der Waals surface area contributed by atoms with Crippen LogP contribution in [0.3, 0.4) is 0 Å².